The van der Waals surface area contributed by atoms with Crippen LogP contribution >= 0.6 is 34.5 Å². The number of benzene rings is 2. The molecule has 28 heavy (non-hydrogen) atoms. The van der Waals surface area contributed by atoms with E-state index in [0.29, 0.717) is 28.7 Å². The molecule has 5 rings (SSSR count). The Morgan fingerprint density at radius 2 is 1.68 bits per heavy atom. The van der Waals surface area contributed by atoms with E-state index in [1.807, 2.05) is 29.2 Å². The molecule has 2 aromatic heterocycles. The van der Waals surface area contributed by atoms with Gasteiger partial charge in [-0.25, -0.2) is 4.98 Å². The molecule has 0 saturated heterocycles. The molecule has 2 aromatic carbocycles. The lowest BCUT2D eigenvalue weighted by Crippen LogP contribution is -2.35. The third-order valence-electron chi connectivity index (χ3n) is 4.97. The molecular weight excluding hydrogens is 413 g/mol. The van der Waals surface area contributed by atoms with E-state index >= 15 is 0 Å². The summed E-state index contributed by atoms with van der Waals surface area (Å²) < 4.78 is 2.16. The van der Waals surface area contributed by atoms with Gasteiger partial charge >= 0.3 is 0 Å². The first kappa shape index (κ1) is 17.7. The molecule has 1 aliphatic rings. The van der Waals surface area contributed by atoms with Crippen LogP contribution in [-0.2, 0) is 13.0 Å². The van der Waals surface area contributed by atoms with Gasteiger partial charge in [0.05, 0.1) is 12.2 Å². The lowest BCUT2D eigenvalue weighted by Gasteiger charge is -2.26. The van der Waals surface area contributed by atoms with Crippen molar-refractivity contribution in [2.45, 2.75) is 13.0 Å². The maximum Gasteiger partial charge on any atom is 0.254 e. The van der Waals surface area contributed by atoms with Crippen LogP contribution < -0.4 is 0 Å². The molecule has 0 unspecified atom stereocenters. The maximum atomic E-state index is 12.8. The minimum Gasteiger partial charge on any atom is -0.333 e. The van der Waals surface area contributed by atoms with Gasteiger partial charge in [-0.3, -0.25) is 9.20 Å². The highest BCUT2D eigenvalue weighted by atomic mass is 35.5. The van der Waals surface area contributed by atoms with Crippen LogP contribution in [-0.4, -0.2) is 26.7 Å². The monoisotopic (exact) mass is 427 g/mol. The third-order valence-corrected chi connectivity index (χ3v) is 6.56. The van der Waals surface area contributed by atoms with Gasteiger partial charge in [0.25, 0.3) is 5.91 Å². The smallest absolute Gasteiger partial charge is 0.254 e. The van der Waals surface area contributed by atoms with Crippen LogP contribution in [0.15, 0.2) is 54.7 Å². The standard InChI is InChI=1S/C21H15Cl2N3OS/c22-15-5-1-13(2-6-15)17-11-26-18-9-10-25(12-19(18)28-21(26)24-17)20(27)14-3-7-16(23)8-4-14/h1-8,11H,9-10,12H2. The van der Waals surface area contributed by atoms with Crippen LogP contribution in [0, 0.1) is 0 Å². The van der Waals surface area contributed by atoms with Crippen molar-refractivity contribution in [3.8, 4) is 11.3 Å². The molecule has 0 fully saturated rings. The van der Waals surface area contributed by atoms with Crippen LogP contribution in [0.1, 0.15) is 20.9 Å². The lowest BCUT2D eigenvalue weighted by atomic mass is 10.1. The average Bonchev–Trinajstić information content (AvgIpc) is 3.26. The quantitative estimate of drug-likeness (QED) is 0.419. The van der Waals surface area contributed by atoms with Gasteiger partial charge in [-0.1, -0.05) is 46.7 Å². The summed E-state index contributed by atoms with van der Waals surface area (Å²) in [5, 5.41) is 1.35. The summed E-state index contributed by atoms with van der Waals surface area (Å²) >= 11 is 13.6. The Morgan fingerprint density at radius 3 is 2.39 bits per heavy atom. The van der Waals surface area contributed by atoms with Gasteiger partial charge < -0.3 is 4.90 Å². The van der Waals surface area contributed by atoms with Crippen LogP contribution in [0.4, 0.5) is 0 Å². The van der Waals surface area contributed by atoms with Crippen molar-refractivity contribution in [3.05, 3.63) is 80.9 Å². The number of aromatic nitrogens is 2. The predicted octanol–water partition coefficient (Wildman–Crippen LogP) is 5.57. The summed E-state index contributed by atoms with van der Waals surface area (Å²) in [6.07, 6.45) is 2.88. The number of thiazole rings is 1. The minimum absolute atomic E-state index is 0.0372. The number of fused-ring (bicyclic) bond motifs is 3. The summed E-state index contributed by atoms with van der Waals surface area (Å²) in [5.41, 5.74) is 3.89. The van der Waals surface area contributed by atoms with Gasteiger partial charge in [-0.15, -0.1) is 0 Å². The van der Waals surface area contributed by atoms with Gasteiger partial charge in [0.1, 0.15) is 0 Å². The van der Waals surface area contributed by atoms with Gasteiger partial charge in [0, 0.05) is 50.9 Å². The SMILES string of the molecule is O=C(c1ccc(Cl)cc1)N1CCc2c(sc3nc(-c4ccc(Cl)cc4)cn23)C1. The van der Waals surface area contributed by atoms with E-state index in [0.717, 1.165) is 22.6 Å². The largest absolute Gasteiger partial charge is 0.333 e. The summed E-state index contributed by atoms with van der Waals surface area (Å²) in [6, 6.07) is 14.8. The first-order valence-corrected chi connectivity index (χ1v) is 10.5. The molecule has 0 N–H and O–H groups in total. The van der Waals surface area contributed by atoms with Gasteiger partial charge in [0.15, 0.2) is 4.96 Å². The van der Waals surface area contributed by atoms with Crippen molar-refractivity contribution in [1.82, 2.24) is 14.3 Å². The number of hydrogen-bond acceptors (Lipinski definition) is 3. The number of rotatable bonds is 2. The van der Waals surface area contributed by atoms with Crippen molar-refractivity contribution >= 4 is 45.4 Å². The Balaban J connectivity index is 1.42. The summed E-state index contributed by atoms with van der Waals surface area (Å²) in [6.45, 7) is 1.30. The molecule has 0 spiro atoms. The predicted molar refractivity (Wildman–Crippen MR) is 113 cm³/mol. The number of amides is 1. The fourth-order valence-corrected chi connectivity index (χ4v) is 4.93. The Hall–Kier alpha value is -2.34. The summed E-state index contributed by atoms with van der Waals surface area (Å²) in [7, 11) is 0. The first-order chi connectivity index (χ1) is 13.6. The molecular formula is C21H15Cl2N3OS. The lowest BCUT2D eigenvalue weighted by molar-refractivity contribution is 0.0736. The van der Waals surface area contributed by atoms with Crippen molar-refractivity contribution in [2.24, 2.45) is 0 Å². The number of imidazole rings is 1. The second-order valence-corrected chi connectivity index (χ2v) is 8.68. The Morgan fingerprint density at radius 1 is 1.00 bits per heavy atom. The molecule has 0 aliphatic carbocycles. The van der Waals surface area contributed by atoms with E-state index in [2.05, 4.69) is 10.6 Å². The zero-order chi connectivity index (χ0) is 19.3. The van der Waals surface area contributed by atoms with E-state index in [-0.39, 0.29) is 5.91 Å². The molecule has 1 amide bonds. The van der Waals surface area contributed by atoms with Crippen LogP contribution in [0.5, 0.6) is 0 Å². The molecule has 0 saturated carbocycles. The van der Waals surface area contributed by atoms with Crippen LogP contribution in [0.2, 0.25) is 10.0 Å². The van der Waals surface area contributed by atoms with Gasteiger partial charge in [-0.2, -0.15) is 0 Å². The summed E-state index contributed by atoms with van der Waals surface area (Å²) in [4.78, 5) is 21.6. The van der Waals surface area contributed by atoms with E-state index in [1.54, 1.807) is 35.6 Å². The third kappa shape index (κ3) is 3.09. The second kappa shape index (κ2) is 6.92. The summed E-state index contributed by atoms with van der Waals surface area (Å²) in [5.74, 6) is 0.0372. The molecule has 4 aromatic rings. The molecule has 0 atom stereocenters. The zero-order valence-corrected chi connectivity index (χ0v) is 17.1. The minimum atomic E-state index is 0.0372. The van der Waals surface area contributed by atoms with Crippen LogP contribution in [0.3, 0.4) is 0 Å². The first-order valence-electron chi connectivity index (χ1n) is 8.89. The highest BCUT2D eigenvalue weighted by Crippen LogP contribution is 2.32. The highest BCUT2D eigenvalue weighted by molar-refractivity contribution is 7.17. The number of hydrogen-bond donors (Lipinski definition) is 0. The maximum absolute atomic E-state index is 12.8. The molecule has 3 heterocycles. The molecule has 140 valence electrons. The van der Waals surface area contributed by atoms with E-state index in [4.69, 9.17) is 28.2 Å². The molecule has 0 bridgehead atoms. The topological polar surface area (TPSA) is 37.6 Å². The number of halogens is 2. The fraction of sp³-hybridized carbons (Fsp3) is 0.143. The van der Waals surface area contributed by atoms with Crippen molar-refractivity contribution in [2.75, 3.05) is 6.54 Å². The van der Waals surface area contributed by atoms with E-state index < -0.39 is 0 Å². The van der Waals surface area contributed by atoms with Crippen molar-refractivity contribution in [1.29, 1.82) is 0 Å². The number of carbonyl (C=O) groups excluding carboxylic acids is 1. The Kier molecular flexibility index (Phi) is 4.38. The van der Waals surface area contributed by atoms with Gasteiger partial charge in [-0.05, 0) is 36.4 Å². The Bertz CT molecular complexity index is 1180. The highest BCUT2D eigenvalue weighted by Gasteiger charge is 2.26. The number of nitrogens with zero attached hydrogens (tertiary/aromatic N) is 3. The van der Waals surface area contributed by atoms with Crippen molar-refractivity contribution in [3.63, 3.8) is 0 Å². The zero-order valence-electron chi connectivity index (χ0n) is 14.7. The molecule has 1 aliphatic heterocycles. The molecule has 4 nitrogen and oxygen atoms in total. The fourth-order valence-electron chi connectivity index (χ4n) is 3.52. The van der Waals surface area contributed by atoms with Gasteiger partial charge in [0.2, 0.25) is 0 Å². The normalized spacial score (nSPS) is 13.7. The van der Waals surface area contributed by atoms with E-state index in [9.17, 15) is 4.79 Å². The van der Waals surface area contributed by atoms with Crippen LogP contribution in [0.25, 0.3) is 16.2 Å². The Labute approximate surface area is 176 Å². The van der Waals surface area contributed by atoms with Crippen molar-refractivity contribution < 1.29 is 4.79 Å². The molecule has 7 heteroatoms. The second-order valence-electron chi connectivity index (χ2n) is 6.74. The number of carbonyl (C=O) groups is 1. The molecule has 0 radical (unpaired) electrons. The van der Waals surface area contributed by atoms with E-state index in [1.165, 1.54) is 10.6 Å². The average molecular weight is 428 g/mol.